The van der Waals surface area contributed by atoms with Crippen molar-refractivity contribution in [3.63, 3.8) is 0 Å². The SMILES string of the molecule is CN(Cc1ccsc1)C(=O)c1ccccc1SCC(=O)NCC1CCCCC1. The first-order chi connectivity index (χ1) is 13.6. The zero-order valence-corrected chi connectivity index (χ0v) is 18.0. The monoisotopic (exact) mass is 416 g/mol. The van der Waals surface area contributed by atoms with E-state index in [-0.39, 0.29) is 11.8 Å². The summed E-state index contributed by atoms with van der Waals surface area (Å²) in [5, 5.41) is 7.14. The number of nitrogens with one attached hydrogen (secondary N) is 1. The van der Waals surface area contributed by atoms with Crippen LogP contribution in [0.4, 0.5) is 0 Å². The van der Waals surface area contributed by atoms with Crippen molar-refractivity contribution < 1.29 is 9.59 Å². The standard InChI is InChI=1S/C22H28N2O2S2/c1-24(14-18-11-12-27-15-18)22(26)19-9-5-6-10-20(19)28-16-21(25)23-13-17-7-3-2-4-8-17/h5-6,9-12,15,17H,2-4,7-8,13-14,16H2,1H3,(H,23,25). The molecule has 0 bridgehead atoms. The van der Waals surface area contributed by atoms with E-state index in [4.69, 9.17) is 0 Å². The molecule has 1 aromatic carbocycles. The van der Waals surface area contributed by atoms with Crippen molar-refractivity contribution in [2.24, 2.45) is 5.92 Å². The molecule has 28 heavy (non-hydrogen) atoms. The van der Waals surface area contributed by atoms with Crippen molar-refractivity contribution in [1.29, 1.82) is 0 Å². The van der Waals surface area contributed by atoms with E-state index in [0.717, 1.165) is 17.0 Å². The number of carbonyl (C=O) groups excluding carboxylic acids is 2. The van der Waals surface area contributed by atoms with Gasteiger partial charge in [-0.3, -0.25) is 9.59 Å². The molecule has 1 fully saturated rings. The van der Waals surface area contributed by atoms with E-state index in [1.807, 2.05) is 42.8 Å². The summed E-state index contributed by atoms with van der Waals surface area (Å²) in [6, 6.07) is 9.59. The number of thioether (sulfide) groups is 1. The second-order valence-corrected chi connectivity index (χ2v) is 9.18. The number of amides is 2. The zero-order chi connectivity index (χ0) is 19.8. The fourth-order valence-corrected chi connectivity index (χ4v) is 5.08. The van der Waals surface area contributed by atoms with Crippen molar-refractivity contribution in [1.82, 2.24) is 10.2 Å². The predicted octanol–water partition coefficient (Wildman–Crippen LogP) is 4.81. The van der Waals surface area contributed by atoms with Crippen LogP contribution in [-0.2, 0) is 11.3 Å². The number of nitrogens with zero attached hydrogens (tertiary/aromatic N) is 1. The topological polar surface area (TPSA) is 49.4 Å². The van der Waals surface area contributed by atoms with Gasteiger partial charge in [0.15, 0.2) is 0 Å². The largest absolute Gasteiger partial charge is 0.355 e. The molecule has 0 spiro atoms. The second kappa shape index (κ2) is 10.7. The highest BCUT2D eigenvalue weighted by atomic mass is 32.2. The van der Waals surface area contributed by atoms with Gasteiger partial charge in [-0.1, -0.05) is 31.4 Å². The van der Waals surface area contributed by atoms with Gasteiger partial charge in [0, 0.05) is 25.0 Å². The van der Waals surface area contributed by atoms with Crippen LogP contribution in [0.25, 0.3) is 0 Å². The number of carbonyl (C=O) groups is 2. The van der Waals surface area contributed by atoms with Gasteiger partial charge in [0.05, 0.1) is 11.3 Å². The maximum absolute atomic E-state index is 12.9. The lowest BCUT2D eigenvalue weighted by molar-refractivity contribution is -0.118. The van der Waals surface area contributed by atoms with Crippen LogP contribution < -0.4 is 5.32 Å². The second-order valence-electron chi connectivity index (χ2n) is 7.39. The van der Waals surface area contributed by atoms with Gasteiger partial charge in [-0.15, -0.1) is 11.8 Å². The molecule has 2 amide bonds. The van der Waals surface area contributed by atoms with E-state index in [9.17, 15) is 9.59 Å². The van der Waals surface area contributed by atoms with Crippen LogP contribution in [0, 0.1) is 5.92 Å². The van der Waals surface area contributed by atoms with E-state index in [2.05, 4.69) is 10.7 Å². The summed E-state index contributed by atoms with van der Waals surface area (Å²) >= 11 is 3.07. The number of thiophene rings is 1. The van der Waals surface area contributed by atoms with E-state index in [1.165, 1.54) is 43.9 Å². The Hall–Kier alpha value is -1.79. The molecule has 4 nitrogen and oxygen atoms in total. The first kappa shape index (κ1) is 20.9. The van der Waals surface area contributed by atoms with Gasteiger partial charge in [-0.25, -0.2) is 0 Å². The molecule has 0 unspecified atom stereocenters. The Balaban J connectivity index is 1.52. The molecular formula is C22H28N2O2S2. The fourth-order valence-electron chi connectivity index (χ4n) is 3.55. The van der Waals surface area contributed by atoms with Gasteiger partial charge < -0.3 is 10.2 Å². The van der Waals surface area contributed by atoms with Crippen LogP contribution in [0.2, 0.25) is 0 Å². The van der Waals surface area contributed by atoms with Crippen LogP contribution in [0.15, 0.2) is 46.0 Å². The maximum Gasteiger partial charge on any atom is 0.255 e. The Morgan fingerprint density at radius 2 is 1.96 bits per heavy atom. The molecule has 2 aromatic rings. The van der Waals surface area contributed by atoms with Crippen molar-refractivity contribution in [3.05, 3.63) is 52.2 Å². The summed E-state index contributed by atoms with van der Waals surface area (Å²) in [7, 11) is 1.82. The molecule has 3 rings (SSSR count). The number of hydrogen-bond donors (Lipinski definition) is 1. The summed E-state index contributed by atoms with van der Waals surface area (Å²) in [4.78, 5) is 27.7. The number of rotatable bonds is 8. The minimum atomic E-state index is -0.0167. The molecule has 6 heteroatoms. The zero-order valence-electron chi connectivity index (χ0n) is 16.4. The molecule has 1 N–H and O–H groups in total. The van der Waals surface area contributed by atoms with E-state index in [1.54, 1.807) is 16.2 Å². The van der Waals surface area contributed by atoms with Crippen molar-refractivity contribution in [2.45, 2.75) is 43.5 Å². The average Bonchev–Trinajstić information content (AvgIpc) is 3.24. The Morgan fingerprint density at radius 1 is 1.18 bits per heavy atom. The first-order valence-electron chi connectivity index (χ1n) is 9.88. The van der Waals surface area contributed by atoms with Crippen LogP contribution in [0.5, 0.6) is 0 Å². The Morgan fingerprint density at radius 3 is 2.71 bits per heavy atom. The van der Waals surface area contributed by atoms with Crippen molar-refractivity contribution >= 4 is 34.9 Å². The molecule has 0 aliphatic heterocycles. The van der Waals surface area contributed by atoms with Gasteiger partial charge in [0.25, 0.3) is 5.91 Å². The highest BCUT2D eigenvalue weighted by molar-refractivity contribution is 8.00. The van der Waals surface area contributed by atoms with E-state index < -0.39 is 0 Å². The van der Waals surface area contributed by atoms with Crippen LogP contribution in [-0.4, -0.2) is 36.1 Å². The molecule has 1 heterocycles. The summed E-state index contributed by atoms with van der Waals surface area (Å²) in [5.74, 6) is 0.995. The quantitative estimate of drug-likeness (QED) is 0.628. The summed E-state index contributed by atoms with van der Waals surface area (Å²) in [6.45, 7) is 1.37. The summed E-state index contributed by atoms with van der Waals surface area (Å²) < 4.78 is 0. The molecule has 1 aliphatic rings. The van der Waals surface area contributed by atoms with Crippen LogP contribution in [0.3, 0.4) is 0 Å². The Kier molecular flexibility index (Phi) is 7.98. The summed E-state index contributed by atoms with van der Waals surface area (Å²) in [6.07, 6.45) is 6.34. The molecule has 0 radical (unpaired) electrons. The van der Waals surface area contributed by atoms with E-state index >= 15 is 0 Å². The lowest BCUT2D eigenvalue weighted by Crippen LogP contribution is -2.31. The molecule has 0 atom stereocenters. The lowest BCUT2D eigenvalue weighted by atomic mass is 9.89. The molecule has 0 saturated heterocycles. The van der Waals surface area contributed by atoms with Gasteiger partial charge in [0.2, 0.25) is 5.91 Å². The summed E-state index contributed by atoms with van der Waals surface area (Å²) in [5.41, 5.74) is 1.79. The van der Waals surface area contributed by atoms with Crippen LogP contribution >= 0.6 is 23.1 Å². The maximum atomic E-state index is 12.9. The van der Waals surface area contributed by atoms with Gasteiger partial charge in [-0.05, 0) is 53.3 Å². The normalized spacial score (nSPS) is 14.6. The Bertz CT molecular complexity index is 771. The predicted molar refractivity (Wildman–Crippen MR) is 117 cm³/mol. The number of hydrogen-bond acceptors (Lipinski definition) is 4. The van der Waals surface area contributed by atoms with Crippen molar-refractivity contribution in [2.75, 3.05) is 19.3 Å². The number of benzene rings is 1. The third-order valence-electron chi connectivity index (χ3n) is 5.14. The minimum absolute atomic E-state index is 0.0167. The van der Waals surface area contributed by atoms with Crippen molar-refractivity contribution in [3.8, 4) is 0 Å². The molecule has 1 aliphatic carbocycles. The third-order valence-corrected chi connectivity index (χ3v) is 6.94. The molecular weight excluding hydrogens is 388 g/mol. The Labute approximate surface area is 175 Å². The minimum Gasteiger partial charge on any atom is -0.355 e. The third kappa shape index (κ3) is 6.11. The van der Waals surface area contributed by atoms with Gasteiger partial charge in [-0.2, -0.15) is 11.3 Å². The van der Waals surface area contributed by atoms with Crippen LogP contribution in [0.1, 0.15) is 48.0 Å². The first-order valence-corrected chi connectivity index (χ1v) is 11.8. The lowest BCUT2D eigenvalue weighted by Gasteiger charge is -2.21. The average molecular weight is 417 g/mol. The highest BCUT2D eigenvalue weighted by Crippen LogP contribution is 2.25. The smallest absolute Gasteiger partial charge is 0.255 e. The van der Waals surface area contributed by atoms with Gasteiger partial charge in [0.1, 0.15) is 0 Å². The van der Waals surface area contributed by atoms with E-state index in [0.29, 0.717) is 23.8 Å². The molecule has 150 valence electrons. The fraction of sp³-hybridized carbons (Fsp3) is 0.455. The van der Waals surface area contributed by atoms with Gasteiger partial charge >= 0.3 is 0 Å². The molecule has 1 saturated carbocycles. The highest BCUT2D eigenvalue weighted by Gasteiger charge is 2.18. The molecule has 1 aromatic heterocycles.